The van der Waals surface area contributed by atoms with E-state index in [0.717, 1.165) is 0 Å². The van der Waals surface area contributed by atoms with E-state index in [0.29, 0.717) is 9.52 Å². The fraction of sp³-hybridized carbons (Fsp3) is 0.520. The number of hydrogen-bond donors (Lipinski definition) is 0. The van der Waals surface area contributed by atoms with Crippen LogP contribution in [0.1, 0.15) is 0 Å². The maximum atomic E-state index is 2.38. The number of benzene rings is 2. The second-order valence-corrected chi connectivity index (χ2v) is 27.8. The van der Waals surface area contributed by atoms with Crippen LogP contribution >= 0.6 is 0 Å². The van der Waals surface area contributed by atoms with Crippen molar-refractivity contribution in [3.63, 3.8) is 0 Å². The minimum absolute atomic E-state index is 0.139. The van der Waals surface area contributed by atoms with Crippen molar-refractivity contribution < 1.29 is 0 Å². The number of rotatable bonds is 2. The molecule has 0 heterocycles. The second-order valence-electron chi connectivity index (χ2n) is 10.7. The first-order valence-electron chi connectivity index (χ1n) is 11.9. The molecule has 5 heteroatoms. The van der Waals surface area contributed by atoms with Crippen molar-refractivity contribution in [2.45, 2.75) is 85.1 Å². The van der Waals surface area contributed by atoms with Gasteiger partial charge in [-0.2, -0.15) is 0 Å². The molecule has 0 unspecified atom stereocenters. The highest BCUT2D eigenvalue weighted by molar-refractivity contribution is 6.84. The lowest BCUT2D eigenvalue weighted by atomic mass is 10.4. The third-order valence-electron chi connectivity index (χ3n) is 2.60. The fourth-order valence-corrected chi connectivity index (χ4v) is 3.66. The van der Waals surface area contributed by atoms with Gasteiger partial charge in [0.25, 0.3) is 0 Å². The molecule has 0 atom stereocenters. The standard InChI is InChI=1S/C13H14Si.C4H12Si.2C3H10Si.C2H8Si/c1-14(12-8-4-2-5-9-12)13-10-6-3-7-11-13;1-5(2,3)4;2*1-4(2)3;1-3-2/h2-11,14H,1H3;1-4H3;2*4H,1-3H3;3H2,1-2H3. The average Bonchev–Trinajstić information content (AvgIpc) is 2.61. The Morgan fingerprint density at radius 3 is 0.867 bits per heavy atom. The molecule has 0 spiro atoms. The Hall–Kier alpha value is -0.476. The predicted molar refractivity (Wildman–Crippen MR) is 164 cm³/mol. The Morgan fingerprint density at radius 1 is 0.533 bits per heavy atom. The van der Waals surface area contributed by atoms with Crippen molar-refractivity contribution in [1.29, 1.82) is 0 Å². The quantitative estimate of drug-likeness (QED) is 0.444. The smallest absolute Gasteiger partial charge is 0.0750 e. The van der Waals surface area contributed by atoms with E-state index in [4.69, 9.17) is 0 Å². The average molecular weight is 495 g/mol. The van der Waals surface area contributed by atoms with Crippen molar-refractivity contribution in [3.05, 3.63) is 60.7 Å². The second kappa shape index (κ2) is 21.7. The molecule has 0 nitrogen and oxygen atoms in total. The minimum Gasteiger partial charge on any atom is -0.0750 e. The van der Waals surface area contributed by atoms with Gasteiger partial charge in [-0.3, -0.25) is 0 Å². The van der Waals surface area contributed by atoms with Crippen molar-refractivity contribution in [2.75, 3.05) is 0 Å². The van der Waals surface area contributed by atoms with Crippen LogP contribution in [0, 0.1) is 0 Å². The van der Waals surface area contributed by atoms with Gasteiger partial charge in [0.2, 0.25) is 0 Å². The topological polar surface area (TPSA) is 0 Å². The molecule has 0 aliphatic carbocycles. The van der Waals surface area contributed by atoms with Gasteiger partial charge in [0, 0.05) is 35.2 Å². The molecule has 0 amide bonds. The summed E-state index contributed by atoms with van der Waals surface area (Å²) in [5.41, 5.74) is 0. The lowest BCUT2D eigenvalue weighted by Crippen LogP contribution is -2.38. The molecule has 0 N–H and O–H groups in total. The molecule has 0 saturated carbocycles. The Kier molecular flexibility index (Phi) is 24.7. The van der Waals surface area contributed by atoms with Crippen LogP contribution in [0.15, 0.2) is 60.7 Å². The van der Waals surface area contributed by atoms with Crippen LogP contribution in [-0.2, 0) is 0 Å². The van der Waals surface area contributed by atoms with Crippen LogP contribution in [0.25, 0.3) is 0 Å². The highest BCUT2D eigenvalue weighted by atomic mass is 28.3. The van der Waals surface area contributed by atoms with Crippen molar-refractivity contribution in [1.82, 2.24) is 0 Å². The Bertz CT molecular complexity index is 506. The molecular weight excluding hydrogens is 441 g/mol. The molecule has 30 heavy (non-hydrogen) atoms. The van der Waals surface area contributed by atoms with Crippen LogP contribution in [-0.4, -0.2) is 44.0 Å². The molecule has 0 saturated heterocycles. The van der Waals surface area contributed by atoms with E-state index in [-0.39, 0.29) is 17.6 Å². The molecule has 2 aromatic carbocycles. The van der Waals surface area contributed by atoms with E-state index in [2.05, 4.69) is 146 Å². The zero-order valence-electron chi connectivity index (χ0n) is 22.7. The maximum Gasteiger partial charge on any atom is 0.0997 e. The van der Waals surface area contributed by atoms with E-state index in [1.807, 2.05) is 0 Å². The van der Waals surface area contributed by atoms with Gasteiger partial charge >= 0.3 is 0 Å². The molecule has 174 valence electrons. The summed E-state index contributed by atoms with van der Waals surface area (Å²) in [5.74, 6) is 0. The first kappa shape index (κ1) is 34.1. The summed E-state index contributed by atoms with van der Waals surface area (Å²) in [6, 6.07) is 21.6. The molecule has 0 fully saturated rings. The zero-order chi connectivity index (χ0) is 24.2. The molecule has 0 radical (unpaired) electrons. The summed E-state index contributed by atoms with van der Waals surface area (Å²) in [4.78, 5) is 0. The zero-order valence-corrected chi connectivity index (χ0v) is 28.6. The molecule has 2 aromatic rings. The van der Waals surface area contributed by atoms with E-state index in [9.17, 15) is 0 Å². The van der Waals surface area contributed by atoms with Gasteiger partial charge in [-0.1, -0.05) is 156 Å². The van der Waals surface area contributed by atoms with E-state index in [1.54, 1.807) is 0 Å². The van der Waals surface area contributed by atoms with Crippen LogP contribution in [0.2, 0.25) is 85.1 Å². The summed E-state index contributed by atoms with van der Waals surface area (Å²) in [6.45, 7) is 30.0. The summed E-state index contributed by atoms with van der Waals surface area (Å²) >= 11 is 0. The van der Waals surface area contributed by atoms with Gasteiger partial charge in [-0.25, -0.2) is 0 Å². The number of hydrogen-bond acceptors (Lipinski definition) is 0. The molecule has 0 aliphatic heterocycles. The van der Waals surface area contributed by atoms with E-state index in [1.165, 1.54) is 10.4 Å². The van der Waals surface area contributed by atoms with Crippen molar-refractivity contribution in [2.24, 2.45) is 0 Å². The van der Waals surface area contributed by atoms with Crippen molar-refractivity contribution >= 4 is 54.4 Å². The van der Waals surface area contributed by atoms with E-state index >= 15 is 0 Å². The van der Waals surface area contributed by atoms with Gasteiger partial charge < -0.3 is 0 Å². The van der Waals surface area contributed by atoms with Gasteiger partial charge in [0.1, 0.15) is 0 Å². The molecule has 2 rings (SSSR count). The van der Waals surface area contributed by atoms with Crippen LogP contribution in [0.5, 0.6) is 0 Å². The SMILES string of the molecule is C[SiH2]C.C[SiH](C)C.C[SiH](C)C.C[SiH](c1ccccc1)c1ccccc1.C[Si](C)(C)C. The largest absolute Gasteiger partial charge is 0.0997 e. The van der Waals surface area contributed by atoms with Gasteiger partial charge in [-0.05, 0) is 0 Å². The third kappa shape index (κ3) is 35.0. The summed E-state index contributed by atoms with van der Waals surface area (Å²) < 4.78 is 0. The molecule has 0 aliphatic rings. The van der Waals surface area contributed by atoms with Crippen LogP contribution in [0.3, 0.4) is 0 Å². The third-order valence-corrected chi connectivity index (χ3v) is 5.37. The fourth-order valence-electron chi connectivity index (χ4n) is 1.68. The van der Waals surface area contributed by atoms with Gasteiger partial charge in [0.15, 0.2) is 0 Å². The molecular formula is C25H54Si5. The van der Waals surface area contributed by atoms with Crippen LogP contribution in [0.4, 0.5) is 0 Å². The Labute approximate surface area is 199 Å². The van der Waals surface area contributed by atoms with Crippen LogP contribution < -0.4 is 10.4 Å². The molecule has 0 aromatic heterocycles. The molecule has 0 bridgehead atoms. The maximum absolute atomic E-state index is 2.38. The Balaban J connectivity index is -0.000000379. The highest BCUT2D eigenvalue weighted by Gasteiger charge is 2.07. The van der Waals surface area contributed by atoms with Crippen molar-refractivity contribution in [3.8, 4) is 0 Å². The normalized spacial score (nSPS) is 9.87. The lowest BCUT2D eigenvalue weighted by molar-refractivity contribution is 1.71. The first-order valence-corrected chi connectivity index (χ1v) is 27.9. The summed E-state index contributed by atoms with van der Waals surface area (Å²) in [5, 5.41) is 3.03. The van der Waals surface area contributed by atoms with Gasteiger partial charge in [-0.15, -0.1) is 0 Å². The Morgan fingerprint density at radius 2 is 0.700 bits per heavy atom. The summed E-state index contributed by atoms with van der Waals surface area (Å²) in [6.07, 6.45) is 0. The van der Waals surface area contributed by atoms with Gasteiger partial charge in [0.05, 0.1) is 8.80 Å². The lowest BCUT2D eigenvalue weighted by Gasteiger charge is -2.09. The minimum atomic E-state index is -0.919. The first-order chi connectivity index (χ1) is 13.8. The van der Waals surface area contributed by atoms with E-state index < -0.39 is 16.9 Å². The summed E-state index contributed by atoms with van der Waals surface area (Å²) in [7, 11) is -1.39. The highest BCUT2D eigenvalue weighted by Crippen LogP contribution is 1.94. The monoisotopic (exact) mass is 494 g/mol. The predicted octanol–water partition coefficient (Wildman–Crippen LogP) is 6.07.